The van der Waals surface area contributed by atoms with Crippen molar-refractivity contribution in [2.24, 2.45) is 0 Å². The van der Waals surface area contributed by atoms with E-state index in [0.29, 0.717) is 0 Å². The van der Waals surface area contributed by atoms with Crippen LogP contribution in [-0.2, 0) is 10.2 Å². The van der Waals surface area contributed by atoms with Gasteiger partial charge in [0.05, 0.1) is 6.42 Å². The highest BCUT2D eigenvalue weighted by atomic mass is 16.4. The van der Waals surface area contributed by atoms with Crippen molar-refractivity contribution in [2.75, 3.05) is 0 Å². The average Bonchev–Trinajstić information content (AvgIpc) is 2.48. The van der Waals surface area contributed by atoms with Crippen LogP contribution in [0.2, 0.25) is 0 Å². The molecule has 0 saturated heterocycles. The highest BCUT2D eigenvalue weighted by Gasteiger charge is 2.40. The fraction of sp³-hybridized carbons (Fsp3) is 0.500. The second kappa shape index (κ2) is 2.91. The number of aromatic amines is 1. The molecule has 0 aliphatic heterocycles. The maximum absolute atomic E-state index is 10.7. The minimum absolute atomic E-state index is 0.0637. The first-order valence-corrected chi connectivity index (χ1v) is 4.58. The SMILES string of the molecule is O=C(O)CC1(c2cc[nH]c2)CCC1. The lowest BCUT2D eigenvalue weighted by Gasteiger charge is -2.40. The number of aromatic nitrogens is 1. The number of aliphatic carboxylic acids is 1. The van der Waals surface area contributed by atoms with Crippen LogP contribution in [0.3, 0.4) is 0 Å². The summed E-state index contributed by atoms with van der Waals surface area (Å²) in [6.07, 6.45) is 7.22. The fourth-order valence-electron chi connectivity index (χ4n) is 2.11. The van der Waals surface area contributed by atoms with Crippen LogP contribution in [0.25, 0.3) is 0 Å². The summed E-state index contributed by atoms with van der Waals surface area (Å²) < 4.78 is 0. The number of H-pyrrole nitrogens is 1. The van der Waals surface area contributed by atoms with Gasteiger partial charge in [0.25, 0.3) is 0 Å². The van der Waals surface area contributed by atoms with Gasteiger partial charge in [0, 0.05) is 17.8 Å². The lowest BCUT2D eigenvalue weighted by atomic mass is 9.63. The van der Waals surface area contributed by atoms with Gasteiger partial charge in [-0.3, -0.25) is 4.79 Å². The van der Waals surface area contributed by atoms with Gasteiger partial charge < -0.3 is 10.1 Å². The standard InChI is InChI=1S/C10H13NO2/c12-9(13)6-10(3-1-4-10)8-2-5-11-7-8/h2,5,7,11H,1,3-4,6H2,(H,12,13). The van der Waals surface area contributed by atoms with Gasteiger partial charge in [-0.25, -0.2) is 0 Å². The van der Waals surface area contributed by atoms with Gasteiger partial charge in [0.1, 0.15) is 0 Å². The van der Waals surface area contributed by atoms with Crippen molar-refractivity contribution in [1.82, 2.24) is 4.98 Å². The van der Waals surface area contributed by atoms with Crippen molar-refractivity contribution in [3.8, 4) is 0 Å². The molecule has 13 heavy (non-hydrogen) atoms. The summed E-state index contributed by atoms with van der Waals surface area (Å²) in [5.41, 5.74) is 1.09. The summed E-state index contributed by atoms with van der Waals surface area (Å²) in [6.45, 7) is 0. The molecule has 1 aromatic heterocycles. The summed E-state index contributed by atoms with van der Waals surface area (Å²) in [7, 11) is 0. The number of hydrogen-bond donors (Lipinski definition) is 2. The number of carboxylic acid groups (broad SMARTS) is 1. The molecule has 2 rings (SSSR count). The Labute approximate surface area is 76.8 Å². The molecule has 0 unspecified atom stereocenters. The lowest BCUT2D eigenvalue weighted by molar-refractivity contribution is -0.139. The van der Waals surface area contributed by atoms with Crippen molar-refractivity contribution < 1.29 is 9.90 Å². The van der Waals surface area contributed by atoms with Crippen LogP contribution >= 0.6 is 0 Å². The van der Waals surface area contributed by atoms with Gasteiger partial charge in [0.15, 0.2) is 0 Å². The molecule has 1 aliphatic carbocycles. The van der Waals surface area contributed by atoms with Crippen LogP contribution < -0.4 is 0 Å². The smallest absolute Gasteiger partial charge is 0.304 e. The van der Waals surface area contributed by atoms with E-state index < -0.39 is 5.97 Å². The number of nitrogens with one attached hydrogen (secondary N) is 1. The molecule has 70 valence electrons. The Morgan fingerprint density at radius 2 is 2.38 bits per heavy atom. The third-order valence-corrected chi connectivity index (χ3v) is 3.01. The van der Waals surface area contributed by atoms with Crippen molar-refractivity contribution in [3.63, 3.8) is 0 Å². The second-order valence-corrected chi connectivity index (χ2v) is 3.80. The highest BCUT2D eigenvalue weighted by molar-refractivity contribution is 5.69. The third-order valence-electron chi connectivity index (χ3n) is 3.01. The molecular weight excluding hydrogens is 166 g/mol. The normalized spacial score (nSPS) is 19.4. The molecule has 0 spiro atoms. The zero-order valence-electron chi connectivity index (χ0n) is 7.42. The topological polar surface area (TPSA) is 53.1 Å². The van der Waals surface area contributed by atoms with Crippen LogP contribution in [0.15, 0.2) is 18.5 Å². The maximum Gasteiger partial charge on any atom is 0.304 e. The van der Waals surface area contributed by atoms with Gasteiger partial charge in [-0.1, -0.05) is 6.42 Å². The zero-order valence-corrected chi connectivity index (χ0v) is 7.42. The first-order chi connectivity index (χ1) is 6.23. The van der Waals surface area contributed by atoms with Gasteiger partial charge in [0.2, 0.25) is 0 Å². The summed E-state index contributed by atoms with van der Waals surface area (Å²) in [4.78, 5) is 13.7. The van der Waals surface area contributed by atoms with Crippen LogP contribution in [0.4, 0.5) is 0 Å². The maximum atomic E-state index is 10.7. The van der Waals surface area contributed by atoms with E-state index >= 15 is 0 Å². The predicted molar refractivity (Wildman–Crippen MR) is 48.6 cm³/mol. The van der Waals surface area contributed by atoms with E-state index in [9.17, 15) is 4.79 Å². The van der Waals surface area contributed by atoms with Gasteiger partial charge >= 0.3 is 5.97 Å². The third kappa shape index (κ3) is 1.34. The molecule has 1 heterocycles. The summed E-state index contributed by atoms with van der Waals surface area (Å²) in [5, 5.41) is 8.80. The van der Waals surface area contributed by atoms with E-state index in [1.807, 2.05) is 18.5 Å². The Bertz CT molecular complexity index is 299. The van der Waals surface area contributed by atoms with E-state index in [1.165, 1.54) is 0 Å². The molecule has 1 aromatic rings. The van der Waals surface area contributed by atoms with E-state index in [0.717, 1.165) is 24.8 Å². The molecule has 1 saturated carbocycles. The van der Waals surface area contributed by atoms with Crippen molar-refractivity contribution in [1.29, 1.82) is 0 Å². The quantitative estimate of drug-likeness (QED) is 0.744. The minimum atomic E-state index is -0.694. The Morgan fingerprint density at radius 1 is 1.62 bits per heavy atom. The largest absolute Gasteiger partial charge is 0.481 e. The molecule has 0 atom stereocenters. The van der Waals surface area contributed by atoms with Gasteiger partial charge in [-0.15, -0.1) is 0 Å². The average molecular weight is 179 g/mol. The van der Waals surface area contributed by atoms with Crippen LogP contribution in [0.5, 0.6) is 0 Å². The Balaban J connectivity index is 2.20. The molecule has 3 heteroatoms. The monoisotopic (exact) mass is 179 g/mol. The highest BCUT2D eigenvalue weighted by Crippen LogP contribution is 2.46. The number of hydrogen-bond acceptors (Lipinski definition) is 1. The van der Waals surface area contributed by atoms with Gasteiger partial charge in [-0.2, -0.15) is 0 Å². The van der Waals surface area contributed by atoms with Crippen molar-refractivity contribution in [2.45, 2.75) is 31.1 Å². The summed E-state index contributed by atoms with van der Waals surface area (Å²) >= 11 is 0. The Morgan fingerprint density at radius 3 is 2.77 bits per heavy atom. The van der Waals surface area contributed by atoms with E-state index in [1.54, 1.807) is 0 Å². The molecule has 1 fully saturated rings. The zero-order chi connectivity index (χ0) is 9.31. The van der Waals surface area contributed by atoms with E-state index in [2.05, 4.69) is 4.98 Å². The summed E-state index contributed by atoms with van der Waals surface area (Å²) in [6, 6.07) is 1.99. The molecule has 0 radical (unpaired) electrons. The number of rotatable bonds is 3. The summed E-state index contributed by atoms with van der Waals surface area (Å²) in [5.74, 6) is -0.694. The Hall–Kier alpha value is -1.25. The van der Waals surface area contributed by atoms with Gasteiger partial charge in [-0.05, 0) is 24.5 Å². The minimum Gasteiger partial charge on any atom is -0.481 e. The molecule has 1 aliphatic rings. The molecule has 2 N–H and O–H groups in total. The molecular formula is C10H13NO2. The van der Waals surface area contributed by atoms with Crippen LogP contribution in [0.1, 0.15) is 31.2 Å². The van der Waals surface area contributed by atoms with Crippen molar-refractivity contribution >= 4 is 5.97 Å². The Kier molecular flexibility index (Phi) is 1.87. The number of carboxylic acids is 1. The van der Waals surface area contributed by atoms with E-state index in [4.69, 9.17) is 5.11 Å². The lowest BCUT2D eigenvalue weighted by Crippen LogP contribution is -2.36. The second-order valence-electron chi connectivity index (χ2n) is 3.80. The fourth-order valence-corrected chi connectivity index (χ4v) is 2.11. The van der Waals surface area contributed by atoms with E-state index in [-0.39, 0.29) is 11.8 Å². The number of carbonyl (C=O) groups is 1. The van der Waals surface area contributed by atoms with Crippen LogP contribution in [-0.4, -0.2) is 16.1 Å². The molecule has 0 amide bonds. The molecule has 3 nitrogen and oxygen atoms in total. The first-order valence-electron chi connectivity index (χ1n) is 4.58. The van der Waals surface area contributed by atoms with Crippen molar-refractivity contribution in [3.05, 3.63) is 24.0 Å². The van der Waals surface area contributed by atoms with Crippen LogP contribution in [0, 0.1) is 0 Å². The molecule has 0 bridgehead atoms. The first kappa shape index (κ1) is 8.35. The molecule has 0 aromatic carbocycles. The predicted octanol–water partition coefficient (Wildman–Crippen LogP) is 1.91.